The maximum Gasteiger partial charge on any atom is 0.416 e. The van der Waals surface area contributed by atoms with E-state index >= 15 is 0 Å². The predicted octanol–water partition coefficient (Wildman–Crippen LogP) is 3.73. The Kier molecular flexibility index (Phi) is 5.33. The molecule has 0 saturated carbocycles. The Morgan fingerprint density at radius 3 is 2.46 bits per heavy atom. The van der Waals surface area contributed by atoms with Gasteiger partial charge < -0.3 is 5.32 Å². The molecule has 1 heterocycles. The van der Waals surface area contributed by atoms with Crippen LogP contribution in [0.25, 0.3) is 6.08 Å². The van der Waals surface area contributed by atoms with Gasteiger partial charge in [-0.1, -0.05) is 23.7 Å². The largest absolute Gasteiger partial charge is 0.416 e. The van der Waals surface area contributed by atoms with Crippen LogP contribution in [-0.4, -0.2) is 15.7 Å². The van der Waals surface area contributed by atoms with Crippen LogP contribution in [0.3, 0.4) is 0 Å². The summed E-state index contributed by atoms with van der Waals surface area (Å²) in [7, 11) is 1.69. The highest BCUT2D eigenvalue weighted by Crippen LogP contribution is 2.29. The van der Waals surface area contributed by atoms with Crippen molar-refractivity contribution >= 4 is 23.6 Å². The molecular weight excluding hydrogens is 343 g/mol. The van der Waals surface area contributed by atoms with E-state index in [0.717, 1.165) is 12.1 Å². The average molecular weight is 358 g/mol. The standard InChI is InChI=1S/C16H15ClF3N3O/c1-10-13(15(17)23(2)22-10)7-8-14(24)21-9-11-3-5-12(6-4-11)16(18,19)20/h3-8H,9H2,1-2H3,(H,21,24)/b8-7+. The molecule has 0 bridgehead atoms. The fourth-order valence-electron chi connectivity index (χ4n) is 2.05. The van der Waals surface area contributed by atoms with Gasteiger partial charge in [0.2, 0.25) is 5.91 Å². The first-order chi connectivity index (χ1) is 11.2. The summed E-state index contributed by atoms with van der Waals surface area (Å²) in [6.45, 7) is 1.90. The van der Waals surface area contributed by atoms with E-state index in [1.165, 1.54) is 22.9 Å². The molecule has 0 spiro atoms. The van der Waals surface area contributed by atoms with Gasteiger partial charge in [0.25, 0.3) is 0 Å². The molecule has 1 amide bonds. The fraction of sp³-hybridized carbons (Fsp3) is 0.250. The number of alkyl halides is 3. The van der Waals surface area contributed by atoms with Crippen LogP contribution in [0.15, 0.2) is 30.3 Å². The van der Waals surface area contributed by atoms with Crippen molar-refractivity contribution in [3.8, 4) is 0 Å². The van der Waals surface area contributed by atoms with Gasteiger partial charge in [-0.25, -0.2) is 0 Å². The lowest BCUT2D eigenvalue weighted by Gasteiger charge is -2.07. The number of amides is 1. The summed E-state index contributed by atoms with van der Waals surface area (Å²) < 4.78 is 38.9. The van der Waals surface area contributed by atoms with E-state index < -0.39 is 11.7 Å². The molecule has 128 valence electrons. The summed E-state index contributed by atoms with van der Waals surface area (Å²) in [5.74, 6) is -0.380. The Hall–Kier alpha value is -2.28. The van der Waals surface area contributed by atoms with Crippen molar-refractivity contribution in [1.82, 2.24) is 15.1 Å². The van der Waals surface area contributed by atoms with Gasteiger partial charge in [0.05, 0.1) is 11.3 Å². The molecule has 0 aliphatic carbocycles. The van der Waals surface area contributed by atoms with Gasteiger partial charge in [0, 0.05) is 25.2 Å². The zero-order valence-electron chi connectivity index (χ0n) is 13.0. The molecule has 1 N–H and O–H groups in total. The van der Waals surface area contributed by atoms with Gasteiger partial charge >= 0.3 is 6.18 Å². The zero-order chi connectivity index (χ0) is 17.9. The quantitative estimate of drug-likeness (QED) is 0.847. The highest BCUT2D eigenvalue weighted by Gasteiger charge is 2.29. The number of hydrogen-bond acceptors (Lipinski definition) is 2. The minimum Gasteiger partial charge on any atom is -0.348 e. The third kappa shape index (κ3) is 4.38. The van der Waals surface area contributed by atoms with Crippen LogP contribution in [0.5, 0.6) is 0 Å². The third-order valence-corrected chi connectivity index (χ3v) is 3.79. The molecule has 1 aromatic heterocycles. The van der Waals surface area contributed by atoms with Gasteiger partial charge in [0.15, 0.2) is 0 Å². The van der Waals surface area contributed by atoms with E-state index in [-0.39, 0.29) is 12.5 Å². The number of benzene rings is 1. The van der Waals surface area contributed by atoms with Crippen molar-refractivity contribution < 1.29 is 18.0 Å². The molecule has 0 aliphatic rings. The number of aryl methyl sites for hydroxylation is 2. The highest BCUT2D eigenvalue weighted by molar-refractivity contribution is 6.31. The van der Waals surface area contributed by atoms with Crippen LogP contribution in [-0.2, 0) is 24.6 Å². The van der Waals surface area contributed by atoms with E-state index in [2.05, 4.69) is 10.4 Å². The van der Waals surface area contributed by atoms with E-state index in [4.69, 9.17) is 11.6 Å². The third-order valence-electron chi connectivity index (χ3n) is 3.35. The Morgan fingerprint density at radius 1 is 1.33 bits per heavy atom. The van der Waals surface area contributed by atoms with Crippen LogP contribution in [0.1, 0.15) is 22.4 Å². The second kappa shape index (κ2) is 7.09. The first kappa shape index (κ1) is 18.1. The van der Waals surface area contributed by atoms with Crippen molar-refractivity contribution in [3.63, 3.8) is 0 Å². The SMILES string of the molecule is Cc1nn(C)c(Cl)c1/C=C/C(=O)NCc1ccc(C(F)(F)F)cc1. The summed E-state index contributed by atoms with van der Waals surface area (Å²) in [6, 6.07) is 4.62. The lowest BCUT2D eigenvalue weighted by Crippen LogP contribution is -2.20. The molecule has 0 unspecified atom stereocenters. The molecule has 2 rings (SSSR count). The first-order valence-corrected chi connectivity index (χ1v) is 7.37. The molecule has 0 radical (unpaired) electrons. The number of halogens is 4. The normalized spacial score (nSPS) is 11.9. The zero-order valence-corrected chi connectivity index (χ0v) is 13.7. The van der Waals surface area contributed by atoms with Gasteiger partial charge in [0.1, 0.15) is 5.15 Å². The molecule has 2 aromatic rings. The number of nitrogens with zero attached hydrogens (tertiary/aromatic N) is 2. The topological polar surface area (TPSA) is 46.9 Å². The smallest absolute Gasteiger partial charge is 0.348 e. The lowest BCUT2D eigenvalue weighted by molar-refractivity contribution is -0.137. The maximum atomic E-state index is 12.5. The predicted molar refractivity (Wildman–Crippen MR) is 85.3 cm³/mol. The number of rotatable bonds is 4. The molecule has 8 heteroatoms. The Morgan fingerprint density at radius 2 is 1.96 bits per heavy atom. The van der Waals surface area contributed by atoms with Crippen molar-refractivity contribution in [2.75, 3.05) is 0 Å². The van der Waals surface area contributed by atoms with E-state index in [9.17, 15) is 18.0 Å². The fourth-order valence-corrected chi connectivity index (χ4v) is 2.29. The average Bonchev–Trinajstić information content (AvgIpc) is 2.75. The number of carbonyl (C=O) groups excluding carboxylic acids is 1. The number of hydrogen-bond donors (Lipinski definition) is 1. The van der Waals surface area contributed by atoms with Crippen molar-refractivity contribution in [1.29, 1.82) is 0 Å². The second-order valence-corrected chi connectivity index (χ2v) is 5.52. The monoisotopic (exact) mass is 357 g/mol. The van der Waals surface area contributed by atoms with Crippen molar-refractivity contribution in [2.24, 2.45) is 7.05 Å². The molecule has 0 atom stereocenters. The molecule has 0 saturated heterocycles. The summed E-state index contributed by atoms with van der Waals surface area (Å²) in [5, 5.41) is 7.13. The highest BCUT2D eigenvalue weighted by atomic mass is 35.5. The minimum absolute atomic E-state index is 0.126. The van der Waals surface area contributed by atoms with Crippen LogP contribution in [0, 0.1) is 6.92 Å². The maximum absolute atomic E-state index is 12.5. The summed E-state index contributed by atoms with van der Waals surface area (Å²) >= 11 is 6.05. The van der Waals surface area contributed by atoms with Crippen molar-refractivity contribution in [3.05, 3.63) is 57.9 Å². The number of carbonyl (C=O) groups is 1. The van der Waals surface area contributed by atoms with Crippen LogP contribution in [0.4, 0.5) is 13.2 Å². The summed E-state index contributed by atoms with van der Waals surface area (Å²) in [6.07, 6.45) is -1.52. The van der Waals surface area contributed by atoms with E-state index in [1.54, 1.807) is 20.0 Å². The van der Waals surface area contributed by atoms with Crippen LogP contribution >= 0.6 is 11.6 Å². The number of aromatic nitrogens is 2. The molecule has 0 aliphatic heterocycles. The van der Waals surface area contributed by atoms with E-state index in [1.807, 2.05) is 0 Å². The molecule has 1 aromatic carbocycles. The molecule has 4 nitrogen and oxygen atoms in total. The van der Waals surface area contributed by atoms with Gasteiger partial charge in [-0.3, -0.25) is 9.48 Å². The Balaban J connectivity index is 1.95. The molecule has 0 fully saturated rings. The molecular formula is C16H15ClF3N3O. The van der Waals surface area contributed by atoms with Crippen LogP contribution < -0.4 is 5.32 Å². The Labute approximate surface area is 141 Å². The van der Waals surface area contributed by atoms with Gasteiger partial charge in [-0.15, -0.1) is 0 Å². The van der Waals surface area contributed by atoms with E-state index in [0.29, 0.717) is 22.0 Å². The van der Waals surface area contributed by atoms with Gasteiger partial charge in [-0.2, -0.15) is 18.3 Å². The first-order valence-electron chi connectivity index (χ1n) is 6.99. The van der Waals surface area contributed by atoms with Crippen molar-refractivity contribution in [2.45, 2.75) is 19.6 Å². The van der Waals surface area contributed by atoms with Gasteiger partial charge in [-0.05, 0) is 30.7 Å². The minimum atomic E-state index is -4.37. The lowest BCUT2D eigenvalue weighted by atomic mass is 10.1. The summed E-state index contributed by atoms with van der Waals surface area (Å²) in [4.78, 5) is 11.8. The summed E-state index contributed by atoms with van der Waals surface area (Å²) in [5.41, 5.74) is 1.18. The second-order valence-electron chi connectivity index (χ2n) is 5.16. The molecule has 24 heavy (non-hydrogen) atoms. The Bertz CT molecular complexity index is 764. The van der Waals surface area contributed by atoms with Crippen LogP contribution in [0.2, 0.25) is 5.15 Å². The number of nitrogens with one attached hydrogen (secondary N) is 1.